The van der Waals surface area contributed by atoms with Crippen LogP contribution in [0.25, 0.3) is 5.78 Å². The van der Waals surface area contributed by atoms with Gasteiger partial charge in [-0.15, -0.1) is 0 Å². The third-order valence-corrected chi connectivity index (χ3v) is 4.77. The molecule has 3 unspecified atom stereocenters. The number of β-amino-alcohol motifs (C(OH)–C–C–N with tert-alkyl or cyclic N) is 1. The molecule has 1 aliphatic carbocycles. The van der Waals surface area contributed by atoms with E-state index in [1.54, 1.807) is 11.1 Å². The van der Waals surface area contributed by atoms with Gasteiger partial charge in [0.1, 0.15) is 5.69 Å². The highest BCUT2D eigenvalue weighted by atomic mass is 16.3. The minimum atomic E-state index is -0.421. The predicted molar refractivity (Wildman–Crippen MR) is 80.7 cm³/mol. The first-order valence-electron chi connectivity index (χ1n) is 7.94. The van der Waals surface area contributed by atoms with E-state index in [0.29, 0.717) is 30.5 Å². The number of piperidine rings is 1. The maximum atomic E-state index is 12.5. The number of hydrogen-bond donors (Lipinski definition) is 1. The fourth-order valence-electron chi connectivity index (χ4n) is 3.28. The van der Waals surface area contributed by atoms with E-state index in [4.69, 9.17) is 0 Å². The van der Waals surface area contributed by atoms with E-state index in [9.17, 15) is 9.90 Å². The quantitative estimate of drug-likeness (QED) is 0.911. The number of fused-ring (bicyclic) bond motifs is 1. The van der Waals surface area contributed by atoms with Crippen molar-refractivity contribution in [1.29, 1.82) is 0 Å². The van der Waals surface area contributed by atoms with Gasteiger partial charge in [0.2, 0.25) is 5.78 Å². The molecule has 3 atom stereocenters. The summed E-state index contributed by atoms with van der Waals surface area (Å²) in [4.78, 5) is 22.9. The summed E-state index contributed by atoms with van der Waals surface area (Å²) >= 11 is 0. The van der Waals surface area contributed by atoms with Gasteiger partial charge in [-0.1, -0.05) is 6.92 Å². The summed E-state index contributed by atoms with van der Waals surface area (Å²) in [5.74, 6) is 1.75. The average molecular weight is 300 g/mol. The molecule has 1 saturated carbocycles. The van der Waals surface area contributed by atoms with Gasteiger partial charge in [0.25, 0.3) is 5.91 Å². The van der Waals surface area contributed by atoms with Crippen molar-refractivity contribution in [2.45, 2.75) is 38.2 Å². The van der Waals surface area contributed by atoms with E-state index < -0.39 is 6.10 Å². The van der Waals surface area contributed by atoms with Crippen LogP contribution in [0, 0.1) is 5.92 Å². The average Bonchev–Trinajstić information content (AvgIpc) is 3.09. The number of likely N-dealkylation sites (tertiary alicyclic amines) is 1. The molecule has 4 rings (SSSR count). The Labute approximate surface area is 128 Å². The Kier molecular flexibility index (Phi) is 3.14. The molecule has 6 nitrogen and oxygen atoms in total. The van der Waals surface area contributed by atoms with Crippen LogP contribution in [0.15, 0.2) is 18.6 Å². The molecule has 2 fully saturated rings. The van der Waals surface area contributed by atoms with Crippen LogP contribution in [0.1, 0.15) is 48.2 Å². The summed E-state index contributed by atoms with van der Waals surface area (Å²) in [5, 5.41) is 9.71. The molecule has 3 heterocycles. The summed E-state index contributed by atoms with van der Waals surface area (Å²) < 4.78 is 1.84. The molecule has 2 aromatic heterocycles. The van der Waals surface area contributed by atoms with Crippen molar-refractivity contribution in [3.05, 3.63) is 29.8 Å². The van der Waals surface area contributed by atoms with E-state index in [1.807, 2.05) is 16.8 Å². The molecule has 0 bridgehead atoms. The standard InChI is InChI=1S/C16H20N4O2/c1-10-5-13(10)11-6-17-16-18-14(9-20(16)7-11)15(22)19-4-2-3-12(21)8-19/h6-7,9-10,12-13,21H,2-5,8H2,1H3. The van der Waals surface area contributed by atoms with Gasteiger partial charge >= 0.3 is 0 Å². The Balaban J connectivity index is 1.60. The predicted octanol–water partition coefficient (Wildman–Crippen LogP) is 1.45. The molecule has 0 radical (unpaired) electrons. The van der Waals surface area contributed by atoms with E-state index >= 15 is 0 Å². The van der Waals surface area contributed by atoms with Gasteiger partial charge in [0.05, 0.1) is 6.10 Å². The van der Waals surface area contributed by atoms with Crippen LogP contribution in [0.3, 0.4) is 0 Å². The molecule has 1 N–H and O–H groups in total. The van der Waals surface area contributed by atoms with Crippen molar-refractivity contribution in [3.8, 4) is 0 Å². The number of carbonyl (C=O) groups is 1. The fourth-order valence-corrected chi connectivity index (χ4v) is 3.28. The lowest BCUT2D eigenvalue weighted by atomic mass is 10.1. The van der Waals surface area contributed by atoms with Crippen molar-refractivity contribution < 1.29 is 9.90 Å². The number of nitrogens with zero attached hydrogens (tertiary/aromatic N) is 4. The van der Waals surface area contributed by atoms with Crippen molar-refractivity contribution >= 4 is 11.7 Å². The van der Waals surface area contributed by atoms with Gasteiger partial charge in [0.15, 0.2) is 0 Å². The molecule has 1 saturated heterocycles. The monoisotopic (exact) mass is 300 g/mol. The van der Waals surface area contributed by atoms with Crippen molar-refractivity contribution in [2.24, 2.45) is 5.92 Å². The Morgan fingerprint density at radius 3 is 2.95 bits per heavy atom. The number of carbonyl (C=O) groups excluding carboxylic acids is 1. The maximum Gasteiger partial charge on any atom is 0.274 e. The number of aliphatic hydroxyl groups excluding tert-OH is 1. The van der Waals surface area contributed by atoms with Crippen LogP contribution in [0.5, 0.6) is 0 Å². The number of hydrogen-bond acceptors (Lipinski definition) is 4. The van der Waals surface area contributed by atoms with Crippen LogP contribution < -0.4 is 0 Å². The first kappa shape index (κ1) is 13.7. The van der Waals surface area contributed by atoms with Gasteiger partial charge < -0.3 is 10.0 Å². The second-order valence-corrected chi connectivity index (χ2v) is 6.59. The Morgan fingerprint density at radius 1 is 1.41 bits per heavy atom. The zero-order valence-electron chi connectivity index (χ0n) is 12.6. The lowest BCUT2D eigenvalue weighted by Crippen LogP contribution is -2.42. The smallest absolute Gasteiger partial charge is 0.274 e. The fraction of sp³-hybridized carbons (Fsp3) is 0.562. The highest BCUT2D eigenvalue weighted by Gasteiger charge is 2.34. The van der Waals surface area contributed by atoms with Crippen molar-refractivity contribution in [3.63, 3.8) is 0 Å². The van der Waals surface area contributed by atoms with E-state index in [2.05, 4.69) is 16.9 Å². The minimum Gasteiger partial charge on any atom is -0.391 e. The van der Waals surface area contributed by atoms with Crippen LogP contribution in [-0.2, 0) is 0 Å². The molecule has 0 aromatic carbocycles. The first-order valence-corrected chi connectivity index (χ1v) is 7.94. The van der Waals surface area contributed by atoms with Gasteiger partial charge in [-0.25, -0.2) is 9.97 Å². The molecule has 6 heteroatoms. The normalized spacial score (nSPS) is 28.1. The number of rotatable bonds is 2. The van der Waals surface area contributed by atoms with Crippen molar-refractivity contribution in [1.82, 2.24) is 19.3 Å². The largest absolute Gasteiger partial charge is 0.391 e. The third kappa shape index (κ3) is 2.37. The highest BCUT2D eigenvalue weighted by Crippen LogP contribution is 2.46. The van der Waals surface area contributed by atoms with E-state index in [1.165, 1.54) is 12.0 Å². The molecule has 2 aliphatic rings. The van der Waals surface area contributed by atoms with Crippen LogP contribution >= 0.6 is 0 Å². The number of imidazole rings is 1. The zero-order chi connectivity index (χ0) is 15.3. The first-order chi connectivity index (χ1) is 10.6. The zero-order valence-corrected chi connectivity index (χ0v) is 12.6. The maximum absolute atomic E-state index is 12.5. The minimum absolute atomic E-state index is 0.120. The van der Waals surface area contributed by atoms with Gasteiger partial charge in [0, 0.05) is 31.7 Å². The molecule has 1 aliphatic heterocycles. The summed E-state index contributed by atoms with van der Waals surface area (Å²) in [6.07, 6.45) is 8.04. The summed E-state index contributed by atoms with van der Waals surface area (Å²) in [5.41, 5.74) is 1.62. The summed E-state index contributed by atoms with van der Waals surface area (Å²) in [6.45, 7) is 3.31. The van der Waals surface area contributed by atoms with Crippen LogP contribution in [0.2, 0.25) is 0 Å². The number of aromatic nitrogens is 3. The number of aliphatic hydroxyl groups is 1. The second kappa shape index (κ2) is 5.05. The third-order valence-electron chi connectivity index (χ3n) is 4.77. The lowest BCUT2D eigenvalue weighted by Gasteiger charge is -2.29. The molecule has 2 aromatic rings. The van der Waals surface area contributed by atoms with Gasteiger partial charge in [-0.2, -0.15) is 0 Å². The van der Waals surface area contributed by atoms with Gasteiger partial charge in [-0.05, 0) is 36.7 Å². The Hall–Kier alpha value is -1.95. The van der Waals surface area contributed by atoms with Crippen LogP contribution in [-0.4, -0.2) is 49.5 Å². The van der Waals surface area contributed by atoms with Crippen molar-refractivity contribution in [2.75, 3.05) is 13.1 Å². The Morgan fingerprint density at radius 2 is 2.23 bits per heavy atom. The second-order valence-electron chi connectivity index (χ2n) is 6.59. The molecule has 116 valence electrons. The highest BCUT2D eigenvalue weighted by molar-refractivity contribution is 5.92. The molecule has 0 spiro atoms. The van der Waals surface area contributed by atoms with Crippen LogP contribution in [0.4, 0.5) is 0 Å². The molecular formula is C16H20N4O2. The Bertz CT molecular complexity index is 726. The summed E-state index contributed by atoms with van der Waals surface area (Å²) in [6, 6.07) is 0. The lowest BCUT2D eigenvalue weighted by molar-refractivity contribution is 0.0469. The molecule has 1 amide bonds. The van der Waals surface area contributed by atoms with E-state index in [0.717, 1.165) is 18.8 Å². The number of amides is 1. The topological polar surface area (TPSA) is 70.7 Å². The molecule has 22 heavy (non-hydrogen) atoms. The van der Waals surface area contributed by atoms with E-state index in [-0.39, 0.29) is 5.91 Å². The van der Waals surface area contributed by atoms with Gasteiger partial charge in [-0.3, -0.25) is 9.20 Å². The SMILES string of the molecule is CC1CC1c1cnc2nc(C(=O)N3CCCC(O)C3)cn2c1. The molecular weight excluding hydrogens is 280 g/mol. The summed E-state index contributed by atoms with van der Waals surface area (Å²) in [7, 11) is 0.